The highest BCUT2D eigenvalue weighted by Crippen LogP contribution is 2.31. The molecule has 88 valence electrons. The average molecular weight is 232 g/mol. The molecule has 0 unspecified atom stereocenters. The van der Waals surface area contributed by atoms with Crippen molar-refractivity contribution < 1.29 is 14.7 Å². The molecular weight excluding hydrogens is 220 g/mol. The number of rotatable bonds is 2. The molecule has 3 N–H and O–H groups in total. The summed E-state index contributed by atoms with van der Waals surface area (Å²) in [4.78, 5) is 23.0. The Kier molecular flexibility index (Phi) is 2.82. The Morgan fingerprint density at radius 3 is 2.94 bits per heavy atom. The molecule has 2 rings (SSSR count). The van der Waals surface area contributed by atoms with Gasteiger partial charge in [-0.15, -0.1) is 0 Å². The summed E-state index contributed by atoms with van der Waals surface area (Å²) in [5.41, 5.74) is 1.83. The Hall–Kier alpha value is -2.30. The van der Waals surface area contributed by atoms with Crippen LogP contribution in [0.2, 0.25) is 0 Å². The Morgan fingerprint density at radius 2 is 2.29 bits per heavy atom. The number of aliphatic hydroxyl groups is 1. The Bertz CT molecular complexity index is 520. The van der Waals surface area contributed by atoms with E-state index in [1.165, 1.54) is 0 Å². The van der Waals surface area contributed by atoms with E-state index < -0.39 is 0 Å². The van der Waals surface area contributed by atoms with E-state index in [9.17, 15) is 9.59 Å². The third-order valence-corrected chi connectivity index (χ3v) is 2.53. The standard InChI is InChI=1S/C12H12N2O3/c1-2-13-11(16)7-3-4-8-9(6-15)12(17)14-10(8)5-7/h3-6,15H,2H2,1H3,(H,13,16)(H,14,17)/b9-6-. The van der Waals surface area contributed by atoms with Crippen molar-refractivity contribution in [2.24, 2.45) is 0 Å². The summed E-state index contributed by atoms with van der Waals surface area (Å²) in [6.45, 7) is 2.38. The molecule has 2 amide bonds. The molecule has 0 saturated heterocycles. The van der Waals surface area contributed by atoms with E-state index in [0.717, 1.165) is 6.26 Å². The first-order valence-electron chi connectivity index (χ1n) is 5.25. The molecule has 0 saturated carbocycles. The van der Waals surface area contributed by atoms with Gasteiger partial charge in [0.15, 0.2) is 0 Å². The lowest BCUT2D eigenvalue weighted by atomic mass is 10.1. The van der Waals surface area contributed by atoms with Crippen LogP contribution in [-0.2, 0) is 4.79 Å². The van der Waals surface area contributed by atoms with Gasteiger partial charge < -0.3 is 15.7 Å². The first kappa shape index (κ1) is 11.2. The van der Waals surface area contributed by atoms with Crippen LogP contribution in [0.5, 0.6) is 0 Å². The van der Waals surface area contributed by atoms with Crippen LogP contribution in [0, 0.1) is 0 Å². The van der Waals surface area contributed by atoms with Gasteiger partial charge in [0.25, 0.3) is 11.8 Å². The normalized spacial score (nSPS) is 15.6. The van der Waals surface area contributed by atoms with Gasteiger partial charge in [0.05, 0.1) is 11.8 Å². The Balaban J connectivity index is 2.38. The molecule has 5 nitrogen and oxygen atoms in total. The third kappa shape index (κ3) is 1.87. The molecule has 0 aromatic heterocycles. The van der Waals surface area contributed by atoms with Crippen LogP contribution in [0.4, 0.5) is 5.69 Å². The number of benzene rings is 1. The summed E-state index contributed by atoms with van der Waals surface area (Å²) < 4.78 is 0. The van der Waals surface area contributed by atoms with Crippen LogP contribution < -0.4 is 10.6 Å². The molecule has 1 heterocycles. The zero-order valence-electron chi connectivity index (χ0n) is 9.28. The third-order valence-electron chi connectivity index (χ3n) is 2.53. The fraction of sp³-hybridized carbons (Fsp3) is 0.167. The highest BCUT2D eigenvalue weighted by Gasteiger charge is 2.25. The summed E-state index contributed by atoms with van der Waals surface area (Å²) in [6.07, 6.45) is 0.771. The quantitative estimate of drug-likeness (QED) is 0.531. The topological polar surface area (TPSA) is 78.4 Å². The first-order valence-corrected chi connectivity index (χ1v) is 5.25. The van der Waals surface area contributed by atoms with Gasteiger partial charge in [-0.2, -0.15) is 0 Å². The summed E-state index contributed by atoms with van der Waals surface area (Å²) in [5, 5.41) is 14.2. The number of fused-ring (bicyclic) bond motifs is 1. The van der Waals surface area contributed by atoms with Gasteiger partial charge in [-0.1, -0.05) is 6.07 Å². The highest BCUT2D eigenvalue weighted by atomic mass is 16.2. The van der Waals surface area contributed by atoms with Crippen LogP contribution in [0.3, 0.4) is 0 Å². The molecule has 0 spiro atoms. The molecule has 0 fully saturated rings. The molecule has 0 bridgehead atoms. The molecule has 1 aliphatic rings. The second-order valence-corrected chi connectivity index (χ2v) is 3.62. The van der Waals surface area contributed by atoms with Crippen molar-refractivity contribution in [2.45, 2.75) is 6.92 Å². The van der Waals surface area contributed by atoms with E-state index in [1.807, 2.05) is 6.92 Å². The number of carbonyl (C=O) groups is 2. The maximum Gasteiger partial charge on any atom is 0.259 e. The van der Waals surface area contributed by atoms with Crippen molar-refractivity contribution in [3.8, 4) is 0 Å². The zero-order chi connectivity index (χ0) is 12.4. The molecule has 17 heavy (non-hydrogen) atoms. The molecule has 0 atom stereocenters. The molecule has 1 aliphatic heterocycles. The van der Waals surface area contributed by atoms with E-state index in [2.05, 4.69) is 10.6 Å². The number of aliphatic hydroxyl groups excluding tert-OH is 1. The van der Waals surface area contributed by atoms with Crippen LogP contribution in [-0.4, -0.2) is 23.5 Å². The lowest BCUT2D eigenvalue weighted by molar-refractivity contribution is -0.110. The van der Waals surface area contributed by atoms with Crippen LogP contribution in [0.15, 0.2) is 24.5 Å². The van der Waals surface area contributed by atoms with Crippen molar-refractivity contribution in [1.82, 2.24) is 5.32 Å². The zero-order valence-corrected chi connectivity index (χ0v) is 9.28. The Morgan fingerprint density at radius 1 is 1.53 bits per heavy atom. The van der Waals surface area contributed by atoms with Crippen LogP contribution in [0.25, 0.3) is 5.57 Å². The summed E-state index contributed by atoms with van der Waals surface area (Å²) in [6, 6.07) is 4.85. The van der Waals surface area contributed by atoms with Crippen LogP contribution >= 0.6 is 0 Å². The van der Waals surface area contributed by atoms with E-state index in [4.69, 9.17) is 5.11 Å². The second kappa shape index (κ2) is 4.29. The highest BCUT2D eigenvalue weighted by molar-refractivity contribution is 6.31. The predicted molar refractivity (Wildman–Crippen MR) is 63.7 cm³/mol. The lowest BCUT2D eigenvalue weighted by Gasteiger charge is -2.04. The largest absolute Gasteiger partial charge is 0.515 e. The minimum absolute atomic E-state index is 0.189. The number of hydrogen-bond acceptors (Lipinski definition) is 3. The summed E-state index contributed by atoms with van der Waals surface area (Å²) in [7, 11) is 0. The maximum absolute atomic E-state index is 11.6. The van der Waals surface area contributed by atoms with Gasteiger partial charge in [0.1, 0.15) is 0 Å². The van der Waals surface area contributed by atoms with Gasteiger partial charge in [-0.3, -0.25) is 9.59 Å². The van der Waals surface area contributed by atoms with E-state index in [0.29, 0.717) is 23.4 Å². The SMILES string of the molecule is CCNC(=O)c1ccc2c(c1)NC(=O)/C2=C\O. The average Bonchev–Trinajstić information content (AvgIpc) is 2.63. The van der Waals surface area contributed by atoms with E-state index >= 15 is 0 Å². The van der Waals surface area contributed by atoms with Crippen LogP contribution in [0.1, 0.15) is 22.8 Å². The molecule has 1 aromatic carbocycles. The first-order chi connectivity index (χ1) is 8.17. The molecule has 0 aliphatic carbocycles. The van der Waals surface area contributed by atoms with Gasteiger partial charge in [0.2, 0.25) is 0 Å². The number of anilines is 1. The predicted octanol–water partition coefficient (Wildman–Crippen LogP) is 1.29. The van der Waals surface area contributed by atoms with E-state index in [-0.39, 0.29) is 17.4 Å². The second-order valence-electron chi connectivity index (χ2n) is 3.62. The van der Waals surface area contributed by atoms with Gasteiger partial charge >= 0.3 is 0 Å². The number of hydrogen-bond donors (Lipinski definition) is 3. The molecule has 1 aromatic rings. The lowest BCUT2D eigenvalue weighted by Crippen LogP contribution is -2.22. The van der Waals surface area contributed by atoms with Crippen molar-refractivity contribution >= 4 is 23.1 Å². The number of carbonyl (C=O) groups excluding carboxylic acids is 2. The number of amides is 2. The maximum atomic E-state index is 11.6. The fourth-order valence-corrected chi connectivity index (χ4v) is 1.73. The van der Waals surface area contributed by atoms with Crippen molar-refractivity contribution in [3.05, 3.63) is 35.6 Å². The molecule has 0 radical (unpaired) electrons. The van der Waals surface area contributed by atoms with Crippen molar-refractivity contribution in [1.29, 1.82) is 0 Å². The summed E-state index contributed by atoms with van der Waals surface area (Å²) >= 11 is 0. The van der Waals surface area contributed by atoms with Gasteiger partial charge in [-0.05, 0) is 19.1 Å². The monoisotopic (exact) mass is 232 g/mol. The van der Waals surface area contributed by atoms with Crippen molar-refractivity contribution in [2.75, 3.05) is 11.9 Å². The van der Waals surface area contributed by atoms with E-state index in [1.54, 1.807) is 18.2 Å². The smallest absolute Gasteiger partial charge is 0.259 e. The Labute approximate surface area is 98.1 Å². The summed E-state index contributed by atoms with van der Waals surface area (Å²) in [5.74, 6) is -0.554. The minimum Gasteiger partial charge on any atom is -0.515 e. The molecular formula is C12H12N2O3. The fourth-order valence-electron chi connectivity index (χ4n) is 1.73. The number of nitrogens with one attached hydrogen (secondary N) is 2. The van der Waals surface area contributed by atoms with Crippen molar-refractivity contribution in [3.63, 3.8) is 0 Å². The molecule has 5 heteroatoms. The van der Waals surface area contributed by atoms with Gasteiger partial charge in [0, 0.05) is 23.4 Å². The minimum atomic E-state index is -0.365. The van der Waals surface area contributed by atoms with Gasteiger partial charge in [-0.25, -0.2) is 0 Å².